The summed E-state index contributed by atoms with van der Waals surface area (Å²) in [6.45, 7) is 1.85. The van der Waals surface area contributed by atoms with E-state index in [0.717, 1.165) is 25.0 Å². The van der Waals surface area contributed by atoms with Gasteiger partial charge in [0.1, 0.15) is 17.6 Å². The number of nitrogens with one attached hydrogen (secondary N) is 1. The van der Waals surface area contributed by atoms with Crippen LogP contribution in [0.3, 0.4) is 0 Å². The van der Waals surface area contributed by atoms with Gasteiger partial charge in [0.05, 0.1) is 11.6 Å². The first-order valence-electron chi connectivity index (χ1n) is 11.1. The van der Waals surface area contributed by atoms with E-state index < -0.39 is 47.2 Å². The molecular formula is C23H25F3N4O4. The number of halogens is 3. The van der Waals surface area contributed by atoms with E-state index in [0.29, 0.717) is 18.9 Å². The Kier molecular flexibility index (Phi) is 6.13. The Morgan fingerprint density at radius 1 is 1.24 bits per heavy atom. The number of carbonyl (C=O) groups is 3. The van der Waals surface area contributed by atoms with Gasteiger partial charge in [-0.05, 0) is 56.7 Å². The summed E-state index contributed by atoms with van der Waals surface area (Å²) in [5.41, 5.74) is 4.51. The predicted octanol–water partition coefficient (Wildman–Crippen LogP) is 2.55. The maximum atomic E-state index is 13.5. The Morgan fingerprint density at radius 3 is 2.44 bits per heavy atom. The SMILES string of the molecule is CCN1C(=O)C(NC(=O)c2cccc(C(F)(F)F)c2)C(C2CC2)/C(=C(/N)C(=O)O)C1=NC1CC1. The number of likely N-dealkylation sites (tertiary alicyclic amines) is 1. The molecule has 1 heterocycles. The summed E-state index contributed by atoms with van der Waals surface area (Å²) in [7, 11) is 0. The zero-order valence-electron chi connectivity index (χ0n) is 18.4. The molecule has 2 amide bonds. The number of aliphatic imine (C=N–C) groups is 1. The minimum absolute atomic E-state index is 0.0236. The maximum Gasteiger partial charge on any atom is 0.416 e. The monoisotopic (exact) mass is 478 g/mol. The smallest absolute Gasteiger partial charge is 0.416 e. The lowest BCUT2D eigenvalue weighted by molar-refractivity contribution is -0.137. The van der Waals surface area contributed by atoms with Gasteiger partial charge >= 0.3 is 12.1 Å². The highest BCUT2D eigenvalue weighted by Gasteiger charge is 2.52. The number of carboxylic acid groups (broad SMARTS) is 1. The van der Waals surface area contributed by atoms with E-state index in [1.165, 1.54) is 11.0 Å². The third kappa shape index (κ3) is 4.64. The normalized spacial score (nSPS) is 25.9. The van der Waals surface area contributed by atoms with Crippen molar-refractivity contribution in [2.75, 3.05) is 6.54 Å². The number of hydrogen-bond acceptors (Lipinski definition) is 5. The van der Waals surface area contributed by atoms with Crippen LogP contribution in [-0.4, -0.2) is 52.3 Å². The number of carboxylic acids is 1. The van der Waals surface area contributed by atoms with Crippen molar-refractivity contribution in [3.05, 3.63) is 46.7 Å². The average Bonchev–Trinajstić information content (AvgIpc) is 3.69. The van der Waals surface area contributed by atoms with Gasteiger partial charge in [-0.25, -0.2) is 4.79 Å². The average molecular weight is 478 g/mol. The van der Waals surface area contributed by atoms with Gasteiger partial charge in [0, 0.05) is 23.6 Å². The van der Waals surface area contributed by atoms with E-state index in [9.17, 15) is 32.7 Å². The molecule has 2 atom stereocenters. The van der Waals surface area contributed by atoms with Crippen LogP contribution in [0.2, 0.25) is 0 Å². The fourth-order valence-corrected chi connectivity index (χ4v) is 4.30. The second kappa shape index (κ2) is 8.77. The molecule has 1 aromatic rings. The highest BCUT2D eigenvalue weighted by molar-refractivity contribution is 6.16. The van der Waals surface area contributed by atoms with Crippen molar-refractivity contribution < 1.29 is 32.7 Å². The second-order valence-corrected chi connectivity index (χ2v) is 8.79. The molecule has 1 saturated heterocycles. The molecule has 3 fully saturated rings. The number of hydrogen-bond donors (Lipinski definition) is 3. The van der Waals surface area contributed by atoms with Gasteiger partial charge in [-0.1, -0.05) is 6.07 Å². The molecule has 4 rings (SSSR count). The molecule has 2 aliphatic carbocycles. The highest BCUT2D eigenvalue weighted by Crippen LogP contribution is 2.46. The molecule has 8 nitrogen and oxygen atoms in total. The lowest BCUT2D eigenvalue weighted by Gasteiger charge is -2.41. The number of aliphatic carboxylic acids is 1. The number of carbonyl (C=O) groups excluding carboxylic acids is 2. The van der Waals surface area contributed by atoms with Crippen LogP contribution in [0.5, 0.6) is 0 Å². The summed E-state index contributed by atoms with van der Waals surface area (Å²) in [5.74, 6) is -3.33. The van der Waals surface area contributed by atoms with Gasteiger partial charge in [-0.2, -0.15) is 13.2 Å². The van der Waals surface area contributed by atoms with E-state index in [4.69, 9.17) is 5.73 Å². The van der Waals surface area contributed by atoms with Crippen molar-refractivity contribution in [2.24, 2.45) is 22.6 Å². The van der Waals surface area contributed by atoms with Crippen molar-refractivity contribution in [2.45, 2.75) is 50.9 Å². The van der Waals surface area contributed by atoms with Crippen LogP contribution in [0.25, 0.3) is 0 Å². The van der Waals surface area contributed by atoms with Gasteiger partial charge in [0.25, 0.3) is 11.8 Å². The van der Waals surface area contributed by atoms with Crippen molar-refractivity contribution in [3.8, 4) is 0 Å². The van der Waals surface area contributed by atoms with Gasteiger partial charge in [0.15, 0.2) is 0 Å². The molecule has 4 N–H and O–H groups in total. The van der Waals surface area contributed by atoms with E-state index in [-0.39, 0.29) is 35.5 Å². The van der Waals surface area contributed by atoms with E-state index in [2.05, 4.69) is 10.3 Å². The fourth-order valence-electron chi connectivity index (χ4n) is 4.30. The van der Waals surface area contributed by atoms with Crippen LogP contribution >= 0.6 is 0 Å². The van der Waals surface area contributed by atoms with Crippen molar-refractivity contribution in [3.63, 3.8) is 0 Å². The lowest BCUT2D eigenvalue weighted by Crippen LogP contribution is -2.61. The van der Waals surface area contributed by atoms with Crippen LogP contribution in [-0.2, 0) is 15.8 Å². The summed E-state index contributed by atoms with van der Waals surface area (Å²) in [6, 6.07) is 2.71. The van der Waals surface area contributed by atoms with Crippen molar-refractivity contribution >= 4 is 23.6 Å². The Labute approximate surface area is 193 Å². The molecular weight excluding hydrogens is 453 g/mol. The second-order valence-electron chi connectivity index (χ2n) is 8.79. The van der Waals surface area contributed by atoms with Gasteiger partial charge in [0.2, 0.25) is 0 Å². The number of likely N-dealkylation sites (N-methyl/N-ethyl adjacent to an activating group) is 1. The Morgan fingerprint density at radius 2 is 1.91 bits per heavy atom. The van der Waals surface area contributed by atoms with E-state index in [1.54, 1.807) is 6.92 Å². The van der Waals surface area contributed by atoms with E-state index in [1.807, 2.05) is 0 Å². The third-order valence-corrected chi connectivity index (χ3v) is 6.28. The molecule has 0 bridgehead atoms. The van der Waals surface area contributed by atoms with Crippen molar-refractivity contribution in [1.29, 1.82) is 0 Å². The molecule has 0 radical (unpaired) electrons. The molecule has 3 aliphatic rings. The Balaban J connectivity index is 1.75. The highest BCUT2D eigenvalue weighted by atomic mass is 19.4. The number of nitrogens with two attached hydrogens (primary N) is 1. The maximum absolute atomic E-state index is 13.5. The molecule has 2 unspecified atom stereocenters. The minimum atomic E-state index is -4.63. The van der Waals surface area contributed by atoms with Crippen LogP contribution in [0.1, 0.15) is 48.5 Å². The Hall–Kier alpha value is -3.37. The standard InChI is InChI=1S/C23H25F3N4O4/c1-2-30-19(28-14-8-9-14)16(17(27)22(33)34)15(11-6-7-11)18(21(30)32)29-20(31)12-4-3-5-13(10-12)23(24,25)26/h3-5,10-11,14-15,18H,2,6-9,27H2,1H3,(H,29,31)(H,33,34)/b17-16-,28-19?. The summed E-state index contributed by atoms with van der Waals surface area (Å²) in [5, 5.41) is 12.2. The largest absolute Gasteiger partial charge is 0.477 e. The number of amidine groups is 1. The number of benzene rings is 1. The molecule has 182 valence electrons. The number of amides is 2. The van der Waals surface area contributed by atoms with E-state index >= 15 is 0 Å². The number of nitrogens with zero attached hydrogens (tertiary/aromatic N) is 2. The van der Waals surface area contributed by atoms with Gasteiger partial charge in [-0.15, -0.1) is 0 Å². The first-order valence-corrected chi connectivity index (χ1v) is 11.1. The van der Waals surface area contributed by atoms with Crippen molar-refractivity contribution in [1.82, 2.24) is 10.2 Å². The van der Waals surface area contributed by atoms with Gasteiger partial charge in [-0.3, -0.25) is 19.5 Å². The fraction of sp³-hybridized carbons (Fsp3) is 0.478. The number of alkyl halides is 3. The first kappa shape index (κ1) is 23.8. The van der Waals surface area contributed by atoms with Gasteiger partial charge < -0.3 is 16.2 Å². The van der Waals surface area contributed by atoms with Crippen LogP contribution in [0.15, 0.2) is 40.5 Å². The number of piperidine rings is 1. The topological polar surface area (TPSA) is 125 Å². The molecule has 1 aromatic carbocycles. The van der Waals surface area contributed by atoms with Crippen LogP contribution < -0.4 is 11.1 Å². The number of rotatable bonds is 6. The lowest BCUT2D eigenvalue weighted by atomic mass is 9.80. The van der Waals surface area contributed by atoms with Crippen LogP contribution in [0.4, 0.5) is 13.2 Å². The van der Waals surface area contributed by atoms with Crippen LogP contribution in [0, 0.1) is 11.8 Å². The minimum Gasteiger partial charge on any atom is -0.477 e. The molecule has 11 heteroatoms. The summed E-state index contributed by atoms with van der Waals surface area (Å²) in [6.07, 6.45) is -1.59. The Bertz CT molecular complexity index is 1090. The zero-order chi connectivity index (χ0) is 24.8. The molecule has 2 saturated carbocycles. The summed E-state index contributed by atoms with van der Waals surface area (Å²) < 4.78 is 39.3. The predicted molar refractivity (Wildman–Crippen MR) is 116 cm³/mol. The molecule has 0 aromatic heterocycles. The first-order chi connectivity index (χ1) is 16.0. The summed E-state index contributed by atoms with van der Waals surface area (Å²) >= 11 is 0. The quantitative estimate of drug-likeness (QED) is 0.542. The molecule has 34 heavy (non-hydrogen) atoms. The molecule has 0 spiro atoms. The zero-order valence-corrected chi connectivity index (χ0v) is 18.4. The third-order valence-electron chi connectivity index (χ3n) is 6.28. The summed E-state index contributed by atoms with van der Waals surface area (Å²) in [4.78, 5) is 44.2. The molecule has 1 aliphatic heterocycles.